The monoisotopic (exact) mass is 249 g/mol. The van der Waals surface area contributed by atoms with Crippen LogP contribution in [0.15, 0.2) is 0 Å². The predicted molar refractivity (Wildman–Crippen MR) is 72.4 cm³/mol. The van der Waals surface area contributed by atoms with E-state index in [-0.39, 0.29) is 0 Å². The smallest absolute Gasteiger partial charge is 0.0590 e. The molecule has 0 aliphatic heterocycles. The van der Waals surface area contributed by atoms with Crippen molar-refractivity contribution in [3.05, 3.63) is 0 Å². The van der Waals surface area contributed by atoms with E-state index >= 15 is 0 Å². The first-order valence-corrected chi connectivity index (χ1v) is 7.42. The van der Waals surface area contributed by atoms with Gasteiger partial charge in [-0.1, -0.05) is 13.3 Å². The van der Waals surface area contributed by atoms with Crippen LogP contribution in [0.1, 0.15) is 26.2 Å². The lowest BCUT2D eigenvalue weighted by Gasteiger charge is -2.05. The van der Waals surface area contributed by atoms with Gasteiger partial charge in [-0.15, -0.1) is 0 Å². The lowest BCUT2D eigenvalue weighted by Crippen LogP contribution is -2.22. The first-order valence-electron chi connectivity index (χ1n) is 6.27. The summed E-state index contributed by atoms with van der Waals surface area (Å²) in [5, 5.41) is 3.38. The summed E-state index contributed by atoms with van der Waals surface area (Å²) >= 11 is 1.98. The molecular formula is C12H27NO2S. The third kappa shape index (κ3) is 14.2. The zero-order chi connectivity index (χ0) is 11.9. The molecular weight excluding hydrogens is 222 g/mol. The van der Waals surface area contributed by atoms with Crippen LogP contribution < -0.4 is 5.32 Å². The number of nitrogens with one attached hydrogen (secondary N) is 1. The molecule has 0 heterocycles. The maximum atomic E-state index is 5.45. The molecule has 0 radical (unpaired) electrons. The van der Waals surface area contributed by atoms with E-state index in [1.165, 1.54) is 24.3 Å². The first-order chi connectivity index (χ1) is 7.91. The average molecular weight is 249 g/mol. The predicted octanol–water partition coefficient (Wildman–Crippen LogP) is 2.16. The van der Waals surface area contributed by atoms with E-state index in [1.807, 2.05) is 11.8 Å². The Labute approximate surface area is 105 Å². The third-order valence-corrected chi connectivity index (χ3v) is 3.20. The van der Waals surface area contributed by atoms with Crippen molar-refractivity contribution in [1.82, 2.24) is 5.32 Å². The molecule has 16 heavy (non-hydrogen) atoms. The highest BCUT2D eigenvalue weighted by Crippen LogP contribution is 2.00. The van der Waals surface area contributed by atoms with E-state index in [9.17, 15) is 0 Å². The number of hydrogen-bond acceptors (Lipinski definition) is 4. The Hall–Kier alpha value is 0.230. The molecule has 0 fully saturated rings. The average Bonchev–Trinajstić information content (AvgIpc) is 2.31. The molecule has 3 nitrogen and oxygen atoms in total. The number of unbranched alkanes of at least 4 members (excludes halogenated alkanes) is 1. The van der Waals surface area contributed by atoms with Crippen molar-refractivity contribution < 1.29 is 9.47 Å². The molecule has 0 atom stereocenters. The first kappa shape index (κ1) is 16.2. The third-order valence-electron chi connectivity index (χ3n) is 2.13. The maximum Gasteiger partial charge on any atom is 0.0590 e. The standard InChI is InChI=1S/C12H27NO2S/c1-3-4-9-15-10-6-13-7-12-16-11-5-8-14-2/h13H,3-12H2,1-2H3. The summed E-state index contributed by atoms with van der Waals surface area (Å²) in [5.41, 5.74) is 0. The molecule has 0 rings (SSSR count). The van der Waals surface area contributed by atoms with Crippen LogP contribution in [0.25, 0.3) is 0 Å². The van der Waals surface area contributed by atoms with Gasteiger partial charge in [0.05, 0.1) is 6.61 Å². The van der Waals surface area contributed by atoms with E-state index in [1.54, 1.807) is 7.11 Å². The van der Waals surface area contributed by atoms with Crippen molar-refractivity contribution in [2.45, 2.75) is 26.2 Å². The number of ether oxygens (including phenoxy) is 2. The van der Waals surface area contributed by atoms with Crippen LogP contribution in [-0.4, -0.2) is 51.5 Å². The maximum absolute atomic E-state index is 5.45. The molecule has 0 aromatic carbocycles. The van der Waals surface area contributed by atoms with Crippen LogP contribution >= 0.6 is 11.8 Å². The van der Waals surface area contributed by atoms with Gasteiger partial charge in [-0.2, -0.15) is 11.8 Å². The summed E-state index contributed by atoms with van der Waals surface area (Å²) in [4.78, 5) is 0. The van der Waals surface area contributed by atoms with E-state index in [0.29, 0.717) is 0 Å². The van der Waals surface area contributed by atoms with Gasteiger partial charge in [0.2, 0.25) is 0 Å². The fourth-order valence-electron chi connectivity index (χ4n) is 1.17. The molecule has 0 saturated carbocycles. The minimum Gasteiger partial charge on any atom is -0.385 e. The summed E-state index contributed by atoms with van der Waals surface area (Å²) in [5.74, 6) is 2.38. The number of hydrogen-bond donors (Lipinski definition) is 1. The fraction of sp³-hybridized carbons (Fsp3) is 1.00. The SMILES string of the molecule is CCCCOCCNCCSCCCOC. The quantitative estimate of drug-likeness (QED) is 0.507. The van der Waals surface area contributed by atoms with Gasteiger partial charge in [-0.25, -0.2) is 0 Å². The lowest BCUT2D eigenvalue weighted by atomic mass is 10.4. The molecule has 0 aliphatic rings. The Kier molecular flexibility index (Phi) is 15.4. The Balaban J connectivity index is 2.83. The molecule has 98 valence electrons. The zero-order valence-electron chi connectivity index (χ0n) is 10.8. The molecule has 0 aliphatic carbocycles. The van der Waals surface area contributed by atoms with Crippen molar-refractivity contribution in [2.75, 3.05) is 51.5 Å². The summed E-state index contributed by atoms with van der Waals surface area (Å²) in [6.07, 6.45) is 3.54. The second kappa shape index (κ2) is 15.2. The van der Waals surface area contributed by atoms with Gasteiger partial charge in [0, 0.05) is 39.2 Å². The minimum absolute atomic E-state index is 0.842. The Morgan fingerprint density at radius 1 is 1.00 bits per heavy atom. The van der Waals surface area contributed by atoms with Crippen molar-refractivity contribution in [1.29, 1.82) is 0 Å². The van der Waals surface area contributed by atoms with Crippen LogP contribution in [0.4, 0.5) is 0 Å². The summed E-state index contributed by atoms with van der Waals surface area (Å²) in [6, 6.07) is 0. The van der Waals surface area contributed by atoms with Gasteiger partial charge in [-0.05, 0) is 18.6 Å². The van der Waals surface area contributed by atoms with Crippen LogP contribution in [0, 0.1) is 0 Å². The van der Waals surface area contributed by atoms with Crippen molar-refractivity contribution in [2.24, 2.45) is 0 Å². The van der Waals surface area contributed by atoms with E-state index in [2.05, 4.69) is 12.2 Å². The molecule has 0 saturated heterocycles. The van der Waals surface area contributed by atoms with Crippen molar-refractivity contribution in [3.8, 4) is 0 Å². The highest BCUT2D eigenvalue weighted by atomic mass is 32.2. The van der Waals surface area contributed by atoms with Crippen LogP contribution in [-0.2, 0) is 9.47 Å². The second-order valence-electron chi connectivity index (χ2n) is 3.67. The van der Waals surface area contributed by atoms with E-state index in [4.69, 9.17) is 9.47 Å². The topological polar surface area (TPSA) is 30.5 Å². The van der Waals surface area contributed by atoms with Gasteiger partial charge in [-0.3, -0.25) is 0 Å². The van der Waals surface area contributed by atoms with Gasteiger partial charge >= 0.3 is 0 Å². The van der Waals surface area contributed by atoms with Gasteiger partial charge in [0.25, 0.3) is 0 Å². The van der Waals surface area contributed by atoms with Gasteiger partial charge in [0.15, 0.2) is 0 Å². The minimum atomic E-state index is 0.842. The molecule has 1 N–H and O–H groups in total. The Bertz CT molecular complexity index is 112. The fourth-order valence-corrected chi connectivity index (χ4v) is 1.98. The van der Waals surface area contributed by atoms with Gasteiger partial charge < -0.3 is 14.8 Å². The van der Waals surface area contributed by atoms with Crippen LogP contribution in [0.2, 0.25) is 0 Å². The zero-order valence-corrected chi connectivity index (χ0v) is 11.6. The molecule has 4 heteroatoms. The molecule has 0 spiro atoms. The number of methoxy groups -OCH3 is 1. The van der Waals surface area contributed by atoms with Gasteiger partial charge in [0.1, 0.15) is 0 Å². The summed E-state index contributed by atoms with van der Waals surface area (Å²) < 4.78 is 10.4. The summed E-state index contributed by atoms with van der Waals surface area (Å²) in [7, 11) is 1.75. The summed E-state index contributed by atoms with van der Waals surface area (Å²) in [6.45, 7) is 6.86. The van der Waals surface area contributed by atoms with Crippen LogP contribution in [0.3, 0.4) is 0 Å². The van der Waals surface area contributed by atoms with Crippen molar-refractivity contribution >= 4 is 11.8 Å². The Morgan fingerprint density at radius 2 is 1.88 bits per heavy atom. The highest BCUT2D eigenvalue weighted by Gasteiger charge is 1.91. The lowest BCUT2D eigenvalue weighted by molar-refractivity contribution is 0.133. The largest absolute Gasteiger partial charge is 0.385 e. The normalized spacial score (nSPS) is 10.9. The molecule has 0 aromatic rings. The van der Waals surface area contributed by atoms with Crippen molar-refractivity contribution in [3.63, 3.8) is 0 Å². The Morgan fingerprint density at radius 3 is 2.62 bits per heavy atom. The van der Waals surface area contributed by atoms with E-state index in [0.717, 1.165) is 39.3 Å². The molecule has 0 bridgehead atoms. The highest BCUT2D eigenvalue weighted by molar-refractivity contribution is 7.99. The van der Waals surface area contributed by atoms with E-state index < -0.39 is 0 Å². The molecule has 0 unspecified atom stereocenters. The number of thioether (sulfide) groups is 1. The number of rotatable bonds is 13. The van der Waals surface area contributed by atoms with Crippen LogP contribution in [0.5, 0.6) is 0 Å². The molecule has 0 amide bonds. The molecule has 0 aromatic heterocycles. The second-order valence-corrected chi connectivity index (χ2v) is 4.90.